The maximum atomic E-state index is 12.1. The number of sulfonamides is 1. The molecule has 9 heteroatoms. The standard InChI is InChI=1S/C10H9N3O5S/c1-7-9(6-8(18-7)10(14)15)19(16,17)13(4-2-11)5-3-12/h6H,4-5H2,1H3,(H,14,15). The number of carboxylic acids is 1. The molecule has 0 spiro atoms. The summed E-state index contributed by atoms with van der Waals surface area (Å²) in [4.78, 5) is 10.3. The number of hydrogen-bond acceptors (Lipinski definition) is 6. The van der Waals surface area contributed by atoms with Crippen LogP contribution in [0.4, 0.5) is 0 Å². The first-order chi connectivity index (χ1) is 8.84. The second-order valence-electron chi connectivity index (χ2n) is 3.43. The van der Waals surface area contributed by atoms with Crippen molar-refractivity contribution in [3.8, 4) is 12.1 Å². The van der Waals surface area contributed by atoms with Gasteiger partial charge in [0.2, 0.25) is 15.8 Å². The van der Waals surface area contributed by atoms with Crippen molar-refractivity contribution >= 4 is 16.0 Å². The van der Waals surface area contributed by atoms with Crippen LogP contribution in [0.2, 0.25) is 0 Å². The Balaban J connectivity index is 3.30. The number of hydrogen-bond donors (Lipinski definition) is 1. The molecular formula is C10H9N3O5S. The fraction of sp³-hybridized carbons (Fsp3) is 0.300. The minimum atomic E-state index is -4.14. The smallest absolute Gasteiger partial charge is 0.371 e. The lowest BCUT2D eigenvalue weighted by Crippen LogP contribution is -2.32. The zero-order valence-corrected chi connectivity index (χ0v) is 10.6. The SMILES string of the molecule is Cc1oc(C(=O)O)cc1S(=O)(=O)N(CC#N)CC#N. The van der Waals surface area contributed by atoms with E-state index in [1.165, 1.54) is 6.92 Å². The van der Waals surface area contributed by atoms with Crippen molar-refractivity contribution in [2.45, 2.75) is 11.8 Å². The van der Waals surface area contributed by atoms with Crippen LogP contribution in [0.1, 0.15) is 16.3 Å². The molecule has 1 heterocycles. The molecule has 19 heavy (non-hydrogen) atoms. The van der Waals surface area contributed by atoms with Crippen LogP contribution in [0.25, 0.3) is 0 Å². The number of nitrogens with zero attached hydrogens (tertiary/aromatic N) is 3. The summed E-state index contributed by atoms with van der Waals surface area (Å²) in [6.07, 6.45) is 0. The van der Waals surface area contributed by atoms with Crippen molar-refractivity contribution in [3.05, 3.63) is 17.6 Å². The zero-order valence-electron chi connectivity index (χ0n) is 9.82. The van der Waals surface area contributed by atoms with Crippen LogP contribution in [0, 0.1) is 29.6 Å². The first kappa shape index (κ1) is 14.7. The lowest BCUT2D eigenvalue weighted by Gasteiger charge is -2.14. The van der Waals surface area contributed by atoms with Crippen LogP contribution in [-0.2, 0) is 10.0 Å². The van der Waals surface area contributed by atoms with Gasteiger partial charge in [-0.2, -0.15) is 14.8 Å². The number of rotatable bonds is 5. The van der Waals surface area contributed by atoms with Gasteiger partial charge in [0.05, 0.1) is 12.1 Å². The Bertz CT molecular complexity index is 661. The summed E-state index contributed by atoms with van der Waals surface area (Å²) in [6, 6.07) is 4.11. The highest BCUT2D eigenvalue weighted by Gasteiger charge is 2.29. The van der Waals surface area contributed by atoms with Crippen molar-refractivity contribution in [1.29, 1.82) is 10.5 Å². The van der Waals surface area contributed by atoms with Gasteiger partial charge >= 0.3 is 5.97 Å². The van der Waals surface area contributed by atoms with E-state index in [-0.39, 0.29) is 10.7 Å². The van der Waals surface area contributed by atoms with Gasteiger partial charge in [-0.1, -0.05) is 0 Å². The fourth-order valence-corrected chi connectivity index (χ4v) is 2.74. The van der Waals surface area contributed by atoms with Gasteiger partial charge in [-0.3, -0.25) is 0 Å². The van der Waals surface area contributed by atoms with E-state index < -0.39 is 34.8 Å². The quantitative estimate of drug-likeness (QED) is 0.768. The Morgan fingerprint density at radius 1 is 1.42 bits per heavy atom. The molecule has 8 nitrogen and oxygen atoms in total. The van der Waals surface area contributed by atoms with E-state index in [1.807, 2.05) is 0 Å². The summed E-state index contributed by atoms with van der Waals surface area (Å²) in [6.45, 7) is 0.266. The predicted molar refractivity (Wildman–Crippen MR) is 60.4 cm³/mol. The molecule has 0 unspecified atom stereocenters. The molecule has 0 aliphatic carbocycles. The third-order valence-electron chi connectivity index (χ3n) is 2.19. The highest BCUT2D eigenvalue weighted by atomic mass is 32.2. The molecule has 1 N–H and O–H groups in total. The number of furan rings is 1. The number of carboxylic acid groups (broad SMARTS) is 1. The number of nitriles is 2. The van der Waals surface area contributed by atoms with E-state index in [1.54, 1.807) is 12.1 Å². The Hall–Kier alpha value is -2.36. The normalized spacial score (nSPS) is 10.9. The van der Waals surface area contributed by atoms with Gasteiger partial charge in [0, 0.05) is 6.07 Å². The molecule has 0 saturated heterocycles. The van der Waals surface area contributed by atoms with Gasteiger partial charge in [0.25, 0.3) is 0 Å². The summed E-state index contributed by atoms with van der Waals surface area (Å²) in [5, 5.41) is 25.8. The maximum absolute atomic E-state index is 12.1. The van der Waals surface area contributed by atoms with E-state index in [0.29, 0.717) is 4.31 Å². The van der Waals surface area contributed by atoms with Crippen molar-refractivity contribution in [2.24, 2.45) is 0 Å². The van der Waals surface area contributed by atoms with Crippen molar-refractivity contribution < 1.29 is 22.7 Å². The Morgan fingerprint density at radius 2 is 1.95 bits per heavy atom. The first-order valence-electron chi connectivity index (χ1n) is 4.92. The van der Waals surface area contributed by atoms with Crippen LogP contribution < -0.4 is 0 Å². The van der Waals surface area contributed by atoms with Crippen molar-refractivity contribution in [3.63, 3.8) is 0 Å². The van der Waals surface area contributed by atoms with Crippen LogP contribution in [0.3, 0.4) is 0 Å². The monoisotopic (exact) mass is 283 g/mol. The molecule has 0 aliphatic rings. The van der Waals surface area contributed by atoms with Gasteiger partial charge in [-0.15, -0.1) is 0 Å². The molecule has 0 aromatic carbocycles. The van der Waals surface area contributed by atoms with E-state index in [9.17, 15) is 13.2 Å². The first-order valence-corrected chi connectivity index (χ1v) is 6.36. The third-order valence-corrected chi connectivity index (χ3v) is 4.09. The van der Waals surface area contributed by atoms with Gasteiger partial charge in [-0.25, -0.2) is 13.2 Å². The van der Waals surface area contributed by atoms with Crippen molar-refractivity contribution in [1.82, 2.24) is 4.31 Å². The van der Waals surface area contributed by atoms with Crippen molar-refractivity contribution in [2.75, 3.05) is 13.1 Å². The molecule has 0 fully saturated rings. The van der Waals surface area contributed by atoms with E-state index in [4.69, 9.17) is 20.0 Å². The number of aromatic carboxylic acids is 1. The minimum Gasteiger partial charge on any atom is -0.475 e. The Kier molecular flexibility index (Phi) is 4.27. The molecule has 0 bridgehead atoms. The van der Waals surface area contributed by atoms with E-state index in [0.717, 1.165) is 6.07 Å². The minimum absolute atomic E-state index is 0.113. The van der Waals surface area contributed by atoms with Crippen LogP contribution >= 0.6 is 0 Å². The topological polar surface area (TPSA) is 135 Å². The summed E-state index contributed by atoms with van der Waals surface area (Å²) < 4.78 is 29.7. The average Bonchev–Trinajstić information content (AvgIpc) is 2.72. The third kappa shape index (κ3) is 2.91. The largest absolute Gasteiger partial charge is 0.475 e. The zero-order chi connectivity index (χ0) is 14.6. The molecule has 0 aliphatic heterocycles. The molecular weight excluding hydrogens is 274 g/mol. The van der Waals surface area contributed by atoms with Gasteiger partial charge in [0.15, 0.2) is 0 Å². The van der Waals surface area contributed by atoms with Crippen LogP contribution in [-0.4, -0.2) is 36.9 Å². The summed E-state index contributed by atoms with van der Waals surface area (Å²) >= 11 is 0. The maximum Gasteiger partial charge on any atom is 0.371 e. The van der Waals surface area contributed by atoms with Gasteiger partial charge in [-0.05, 0) is 6.92 Å². The fourth-order valence-electron chi connectivity index (χ4n) is 1.35. The van der Waals surface area contributed by atoms with Crippen LogP contribution in [0.15, 0.2) is 15.4 Å². The van der Waals surface area contributed by atoms with Crippen LogP contribution in [0.5, 0.6) is 0 Å². The average molecular weight is 283 g/mol. The molecule has 0 amide bonds. The molecule has 0 saturated carbocycles. The summed E-state index contributed by atoms with van der Waals surface area (Å²) in [5.41, 5.74) is 0. The Morgan fingerprint density at radius 3 is 2.32 bits per heavy atom. The molecule has 1 aromatic heterocycles. The number of carbonyl (C=O) groups is 1. The van der Waals surface area contributed by atoms with E-state index in [2.05, 4.69) is 0 Å². The molecule has 0 radical (unpaired) electrons. The highest BCUT2D eigenvalue weighted by Crippen LogP contribution is 2.23. The summed E-state index contributed by atoms with van der Waals surface area (Å²) in [5.74, 6) is -2.04. The van der Waals surface area contributed by atoms with Gasteiger partial charge < -0.3 is 9.52 Å². The lowest BCUT2D eigenvalue weighted by molar-refractivity contribution is 0.0661. The molecule has 0 atom stereocenters. The highest BCUT2D eigenvalue weighted by molar-refractivity contribution is 7.89. The molecule has 1 aromatic rings. The van der Waals surface area contributed by atoms with Gasteiger partial charge in [0.1, 0.15) is 23.7 Å². The predicted octanol–water partition coefficient (Wildman–Crippen LogP) is 0.324. The molecule has 100 valence electrons. The molecule has 1 rings (SSSR count). The summed E-state index contributed by atoms with van der Waals surface area (Å²) in [7, 11) is -4.14. The second-order valence-corrected chi connectivity index (χ2v) is 5.33. The Labute approximate surface area is 109 Å². The second kappa shape index (κ2) is 5.52. The lowest BCUT2D eigenvalue weighted by atomic mass is 10.4. The number of aryl methyl sites for hydroxylation is 1. The van der Waals surface area contributed by atoms with E-state index >= 15 is 0 Å².